The summed E-state index contributed by atoms with van der Waals surface area (Å²) in [5, 5.41) is 0.252. The minimum atomic E-state index is -0.515. The Kier molecular flexibility index (Phi) is 3.58. The van der Waals surface area contributed by atoms with Crippen molar-refractivity contribution in [3.63, 3.8) is 0 Å². The van der Waals surface area contributed by atoms with Crippen LogP contribution in [0.15, 0.2) is 36.4 Å². The van der Waals surface area contributed by atoms with Crippen LogP contribution in [0.1, 0.15) is 10.4 Å². The maximum absolute atomic E-state index is 12.9. The monoisotopic (exact) mass is 265 g/mol. The van der Waals surface area contributed by atoms with E-state index in [9.17, 15) is 9.18 Å². The highest BCUT2D eigenvalue weighted by atomic mass is 35.5. The third-order valence-electron chi connectivity index (χ3n) is 2.38. The molecule has 0 aliphatic rings. The summed E-state index contributed by atoms with van der Waals surface area (Å²) < 4.78 is 17.5. The van der Waals surface area contributed by atoms with Gasteiger partial charge in [-0.3, -0.25) is 0 Å². The molecule has 18 heavy (non-hydrogen) atoms. The molecule has 0 unspecified atom stereocenters. The Morgan fingerprint density at radius 3 is 2.50 bits per heavy atom. The Hall–Kier alpha value is -1.94. The number of carbonyl (C=O) groups is 1. The summed E-state index contributed by atoms with van der Waals surface area (Å²) in [7, 11) is 1.28. The number of rotatable bonds is 2. The van der Waals surface area contributed by atoms with Gasteiger partial charge < -0.3 is 4.74 Å². The molecule has 0 spiro atoms. The lowest BCUT2D eigenvalue weighted by Crippen LogP contribution is -2.05. The highest BCUT2D eigenvalue weighted by molar-refractivity contribution is 6.29. The SMILES string of the molecule is COC(=O)c1ccc(Cl)nc1-c1ccc(F)cc1. The van der Waals surface area contributed by atoms with E-state index >= 15 is 0 Å². The van der Waals surface area contributed by atoms with E-state index in [2.05, 4.69) is 9.72 Å². The van der Waals surface area contributed by atoms with E-state index < -0.39 is 5.97 Å². The fourth-order valence-corrected chi connectivity index (χ4v) is 1.69. The van der Waals surface area contributed by atoms with Crippen LogP contribution in [0.4, 0.5) is 4.39 Å². The van der Waals surface area contributed by atoms with Crippen molar-refractivity contribution in [1.82, 2.24) is 4.98 Å². The van der Waals surface area contributed by atoms with Crippen LogP contribution in [-0.2, 0) is 4.74 Å². The molecule has 0 atom stereocenters. The number of methoxy groups -OCH3 is 1. The number of ether oxygens (including phenoxy) is 1. The molecule has 2 rings (SSSR count). The summed E-state index contributed by atoms with van der Waals surface area (Å²) in [5.41, 5.74) is 1.25. The summed E-state index contributed by atoms with van der Waals surface area (Å²) in [6.45, 7) is 0. The van der Waals surface area contributed by atoms with Crippen LogP contribution in [0.3, 0.4) is 0 Å². The molecule has 2 aromatic rings. The molecule has 0 saturated heterocycles. The standard InChI is InChI=1S/C13H9ClFNO2/c1-18-13(17)10-6-7-11(14)16-12(10)8-2-4-9(15)5-3-8/h2-7H,1H3. The van der Waals surface area contributed by atoms with E-state index in [0.717, 1.165) is 0 Å². The largest absolute Gasteiger partial charge is 0.465 e. The molecule has 1 aromatic heterocycles. The Morgan fingerprint density at radius 1 is 1.22 bits per heavy atom. The van der Waals surface area contributed by atoms with Crippen LogP contribution in [0, 0.1) is 5.82 Å². The van der Waals surface area contributed by atoms with Crippen molar-refractivity contribution in [2.75, 3.05) is 7.11 Å². The number of nitrogens with zero attached hydrogens (tertiary/aromatic N) is 1. The van der Waals surface area contributed by atoms with E-state index in [0.29, 0.717) is 11.3 Å². The minimum Gasteiger partial charge on any atom is -0.465 e. The molecule has 1 heterocycles. The van der Waals surface area contributed by atoms with Crippen molar-refractivity contribution in [3.05, 3.63) is 52.9 Å². The molecular weight excluding hydrogens is 257 g/mol. The molecule has 0 radical (unpaired) electrons. The third-order valence-corrected chi connectivity index (χ3v) is 2.59. The fraction of sp³-hybridized carbons (Fsp3) is 0.0769. The molecule has 0 aliphatic carbocycles. The summed E-state index contributed by atoms with van der Waals surface area (Å²) in [6.07, 6.45) is 0. The normalized spacial score (nSPS) is 10.2. The fourth-order valence-electron chi connectivity index (χ4n) is 1.54. The molecule has 92 valence electrons. The first-order chi connectivity index (χ1) is 8.61. The molecular formula is C13H9ClFNO2. The van der Waals surface area contributed by atoms with Gasteiger partial charge in [0.2, 0.25) is 0 Å². The van der Waals surface area contributed by atoms with Gasteiger partial charge >= 0.3 is 5.97 Å². The molecule has 0 amide bonds. The molecule has 5 heteroatoms. The smallest absolute Gasteiger partial charge is 0.340 e. The second-order valence-electron chi connectivity index (χ2n) is 3.53. The number of halogens is 2. The van der Waals surface area contributed by atoms with Crippen molar-refractivity contribution in [2.45, 2.75) is 0 Å². The van der Waals surface area contributed by atoms with Crippen LogP contribution in [-0.4, -0.2) is 18.1 Å². The quantitative estimate of drug-likeness (QED) is 0.618. The molecule has 0 fully saturated rings. The lowest BCUT2D eigenvalue weighted by molar-refractivity contribution is 0.0601. The van der Waals surface area contributed by atoms with Gasteiger partial charge in [-0.2, -0.15) is 0 Å². The van der Waals surface area contributed by atoms with Crippen molar-refractivity contribution in [3.8, 4) is 11.3 Å². The number of hydrogen-bond acceptors (Lipinski definition) is 3. The van der Waals surface area contributed by atoms with E-state index in [1.165, 1.54) is 43.5 Å². The van der Waals surface area contributed by atoms with Gasteiger partial charge in [0.05, 0.1) is 18.4 Å². The molecule has 0 aliphatic heterocycles. The highest BCUT2D eigenvalue weighted by Crippen LogP contribution is 2.24. The van der Waals surface area contributed by atoms with E-state index in [1.807, 2.05) is 0 Å². The van der Waals surface area contributed by atoms with Gasteiger partial charge in [0.1, 0.15) is 11.0 Å². The average molecular weight is 266 g/mol. The first kappa shape index (κ1) is 12.5. The van der Waals surface area contributed by atoms with Crippen LogP contribution >= 0.6 is 11.6 Å². The van der Waals surface area contributed by atoms with Crippen molar-refractivity contribution in [2.24, 2.45) is 0 Å². The predicted molar refractivity (Wildman–Crippen MR) is 66.0 cm³/mol. The summed E-state index contributed by atoms with van der Waals surface area (Å²) >= 11 is 5.81. The van der Waals surface area contributed by atoms with E-state index in [4.69, 9.17) is 11.6 Å². The summed E-state index contributed by atoms with van der Waals surface area (Å²) in [5.74, 6) is -0.876. The summed E-state index contributed by atoms with van der Waals surface area (Å²) in [6, 6.07) is 8.67. The van der Waals surface area contributed by atoms with Gasteiger partial charge in [0, 0.05) is 5.56 Å². The molecule has 0 saturated carbocycles. The Bertz CT molecular complexity index is 584. The number of carbonyl (C=O) groups excluding carboxylic acids is 1. The molecule has 0 bridgehead atoms. The zero-order valence-corrected chi connectivity index (χ0v) is 10.2. The van der Waals surface area contributed by atoms with E-state index in [1.54, 1.807) is 0 Å². The van der Waals surface area contributed by atoms with Crippen molar-refractivity contribution >= 4 is 17.6 Å². The molecule has 0 N–H and O–H groups in total. The Balaban J connectivity index is 2.57. The molecule has 3 nitrogen and oxygen atoms in total. The number of benzene rings is 1. The van der Waals surface area contributed by atoms with Gasteiger partial charge in [0.15, 0.2) is 0 Å². The number of aromatic nitrogens is 1. The number of pyridine rings is 1. The van der Waals surface area contributed by atoms with Crippen LogP contribution in [0.25, 0.3) is 11.3 Å². The topological polar surface area (TPSA) is 39.2 Å². The van der Waals surface area contributed by atoms with Gasteiger partial charge in [-0.25, -0.2) is 14.2 Å². The lowest BCUT2D eigenvalue weighted by Gasteiger charge is -2.07. The van der Waals surface area contributed by atoms with E-state index in [-0.39, 0.29) is 16.5 Å². The number of esters is 1. The van der Waals surface area contributed by atoms with Crippen LogP contribution < -0.4 is 0 Å². The van der Waals surface area contributed by atoms with Gasteiger partial charge in [-0.15, -0.1) is 0 Å². The van der Waals surface area contributed by atoms with Crippen molar-refractivity contribution in [1.29, 1.82) is 0 Å². The minimum absolute atomic E-state index is 0.252. The van der Waals surface area contributed by atoms with Gasteiger partial charge in [-0.1, -0.05) is 11.6 Å². The van der Waals surface area contributed by atoms with Crippen LogP contribution in [0.2, 0.25) is 5.15 Å². The second-order valence-corrected chi connectivity index (χ2v) is 3.92. The van der Waals surface area contributed by atoms with Crippen molar-refractivity contribution < 1.29 is 13.9 Å². The first-order valence-corrected chi connectivity index (χ1v) is 5.50. The Morgan fingerprint density at radius 2 is 1.89 bits per heavy atom. The second kappa shape index (κ2) is 5.14. The third kappa shape index (κ3) is 2.49. The van der Waals surface area contributed by atoms with Gasteiger partial charge in [-0.05, 0) is 36.4 Å². The zero-order valence-electron chi connectivity index (χ0n) is 9.48. The predicted octanol–water partition coefficient (Wildman–Crippen LogP) is 3.33. The average Bonchev–Trinajstić information content (AvgIpc) is 2.38. The highest BCUT2D eigenvalue weighted by Gasteiger charge is 2.15. The lowest BCUT2D eigenvalue weighted by atomic mass is 10.1. The zero-order chi connectivity index (χ0) is 13.1. The molecule has 1 aromatic carbocycles. The maximum Gasteiger partial charge on any atom is 0.340 e. The Labute approximate surface area is 108 Å². The first-order valence-electron chi connectivity index (χ1n) is 5.12. The maximum atomic E-state index is 12.9. The van der Waals surface area contributed by atoms with Crippen LogP contribution in [0.5, 0.6) is 0 Å². The summed E-state index contributed by atoms with van der Waals surface area (Å²) in [4.78, 5) is 15.7. The van der Waals surface area contributed by atoms with Gasteiger partial charge in [0.25, 0.3) is 0 Å². The number of hydrogen-bond donors (Lipinski definition) is 0.